The van der Waals surface area contributed by atoms with Crippen LogP contribution in [0.2, 0.25) is 0 Å². The first-order chi connectivity index (χ1) is 21.1. The maximum Gasteiger partial charge on any atom is 0.251 e. The van der Waals surface area contributed by atoms with Crippen LogP contribution in [0.15, 0.2) is 70.6 Å². The van der Waals surface area contributed by atoms with E-state index in [1.165, 1.54) is 0 Å². The third-order valence-corrected chi connectivity index (χ3v) is 8.49. The van der Waals surface area contributed by atoms with Gasteiger partial charge in [0.2, 0.25) is 17.7 Å². The Labute approximate surface area is 263 Å². The van der Waals surface area contributed by atoms with Gasteiger partial charge in [-0.05, 0) is 63.0 Å². The fourth-order valence-electron chi connectivity index (χ4n) is 6.40. The standard InChI is InChI=1S/C36H50N4O4/c1-8-43-32-30(25(3)4)39(23-27-17-12-10-13-18-27)34(41)29(37-32)21-16-22-36(7)35(42)40(24-28-19-14-11-15-20-28)31(26(5)6)33(38-36)44-9-2/h10-15,17-20,25-26,29-31H,8-9,16,21-24H2,1-7H3/t29-,30+,31+,36+/m1/s1. The topological polar surface area (TPSA) is 83.8 Å². The molecule has 8 nitrogen and oxygen atoms in total. The monoisotopic (exact) mass is 602 g/mol. The highest BCUT2D eigenvalue weighted by Gasteiger charge is 2.47. The number of aliphatic imine (C=N–C) groups is 2. The molecular formula is C36H50N4O4. The number of rotatable bonds is 12. The summed E-state index contributed by atoms with van der Waals surface area (Å²) >= 11 is 0. The van der Waals surface area contributed by atoms with Gasteiger partial charge in [-0.3, -0.25) is 9.59 Å². The minimum atomic E-state index is -1.00. The average molecular weight is 603 g/mol. The summed E-state index contributed by atoms with van der Waals surface area (Å²) in [6.45, 7) is 16.1. The molecule has 0 fully saturated rings. The van der Waals surface area contributed by atoms with Gasteiger partial charge in [-0.15, -0.1) is 0 Å². The summed E-state index contributed by atoms with van der Waals surface area (Å²) in [5.41, 5.74) is 1.13. The molecule has 0 saturated carbocycles. The lowest BCUT2D eigenvalue weighted by Gasteiger charge is -2.44. The zero-order chi connectivity index (χ0) is 31.9. The van der Waals surface area contributed by atoms with Crippen LogP contribution in [0.1, 0.15) is 78.9 Å². The van der Waals surface area contributed by atoms with Gasteiger partial charge in [-0.25, -0.2) is 9.98 Å². The van der Waals surface area contributed by atoms with Crippen LogP contribution >= 0.6 is 0 Å². The van der Waals surface area contributed by atoms with Gasteiger partial charge in [0.05, 0.1) is 13.2 Å². The van der Waals surface area contributed by atoms with E-state index >= 15 is 0 Å². The third-order valence-electron chi connectivity index (χ3n) is 8.49. The summed E-state index contributed by atoms with van der Waals surface area (Å²) in [6.07, 6.45) is 1.58. The van der Waals surface area contributed by atoms with Gasteiger partial charge >= 0.3 is 0 Å². The molecule has 2 aliphatic heterocycles. The van der Waals surface area contributed by atoms with E-state index in [2.05, 4.69) is 27.7 Å². The normalized spacial score (nSPS) is 24.1. The fourth-order valence-corrected chi connectivity index (χ4v) is 6.40. The highest BCUT2D eigenvalue weighted by Crippen LogP contribution is 2.34. The lowest BCUT2D eigenvalue weighted by Crippen LogP contribution is -2.59. The van der Waals surface area contributed by atoms with Crippen molar-refractivity contribution in [2.45, 2.75) is 104 Å². The minimum Gasteiger partial charge on any atom is -0.480 e. The number of amides is 2. The van der Waals surface area contributed by atoms with Crippen LogP contribution in [0.25, 0.3) is 0 Å². The molecule has 0 N–H and O–H groups in total. The van der Waals surface area contributed by atoms with Crippen molar-refractivity contribution in [3.05, 3.63) is 71.8 Å². The maximum absolute atomic E-state index is 14.2. The molecule has 4 atom stereocenters. The molecule has 2 aromatic carbocycles. The molecule has 0 bridgehead atoms. The molecule has 0 radical (unpaired) electrons. The second-order valence-electron chi connectivity index (χ2n) is 12.7. The molecule has 0 unspecified atom stereocenters. The molecule has 0 saturated heterocycles. The number of carbonyl (C=O) groups excluding carboxylic acids is 2. The Morgan fingerprint density at radius 3 is 1.80 bits per heavy atom. The van der Waals surface area contributed by atoms with Crippen LogP contribution in [0.3, 0.4) is 0 Å². The quantitative estimate of drug-likeness (QED) is 0.286. The van der Waals surface area contributed by atoms with Gasteiger partial charge in [-0.2, -0.15) is 0 Å². The van der Waals surface area contributed by atoms with Crippen molar-refractivity contribution < 1.29 is 19.1 Å². The van der Waals surface area contributed by atoms with Gasteiger partial charge in [-0.1, -0.05) is 88.4 Å². The van der Waals surface area contributed by atoms with Gasteiger partial charge in [0.1, 0.15) is 23.7 Å². The molecule has 44 heavy (non-hydrogen) atoms. The highest BCUT2D eigenvalue weighted by molar-refractivity contribution is 5.98. The van der Waals surface area contributed by atoms with Crippen LogP contribution in [-0.4, -0.2) is 70.3 Å². The molecular weight excluding hydrogens is 552 g/mol. The van der Waals surface area contributed by atoms with Crippen LogP contribution in [0.5, 0.6) is 0 Å². The summed E-state index contributed by atoms with van der Waals surface area (Å²) in [5, 5.41) is 0. The van der Waals surface area contributed by atoms with E-state index < -0.39 is 11.6 Å². The Balaban J connectivity index is 1.58. The van der Waals surface area contributed by atoms with E-state index in [0.29, 0.717) is 57.4 Å². The Bertz CT molecular complexity index is 1310. The number of carbonyl (C=O) groups is 2. The molecule has 2 aliphatic rings. The molecule has 2 aromatic rings. The highest BCUT2D eigenvalue weighted by atomic mass is 16.5. The smallest absolute Gasteiger partial charge is 0.251 e. The van der Waals surface area contributed by atoms with Gasteiger partial charge < -0.3 is 19.3 Å². The van der Waals surface area contributed by atoms with Crippen molar-refractivity contribution in [3.8, 4) is 0 Å². The van der Waals surface area contributed by atoms with Crippen LogP contribution in [-0.2, 0) is 32.2 Å². The summed E-state index contributed by atoms with van der Waals surface area (Å²) in [4.78, 5) is 41.9. The lowest BCUT2D eigenvalue weighted by atomic mass is 9.87. The van der Waals surface area contributed by atoms with E-state index in [1.807, 2.05) is 91.2 Å². The predicted molar refractivity (Wildman–Crippen MR) is 175 cm³/mol. The van der Waals surface area contributed by atoms with Gasteiger partial charge in [0.15, 0.2) is 0 Å². The number of benzene rings is 2. The van der Waals surface area contributed by atoms with Crippen molar-refractivity contribution in [1.82, 2.24) is 9.80 Å². The van der Waals surface area contributed by atoms with Crippen LogP contribution in [0.4, 0.5) is 0 Å². The Kier molecular flexibility index (Phi) is 11.2. The first-order valence-corrected chi connectivity index (χ1v) is 16.2. The van der Waals surface area contributed by atoms with E-state index in [-0.39, 0.29) is 35.7 Å². The average Bonchev–Trinajstić information content (AvgIpc) is 2.99. The number of hydrogen-bond acceptors (Lipinski definition) is 6. The fraction of sp³-hybridized carbons (Fsp3) is 0.556. The first-order valence-electron chi connectivity index (χ1n) is 16.2. The molecule has 0 spiro atoms. The molecule has 0 aromatic heterocycles. The minimum absolute atomic E-state index is 0.000197. The van der Waals surface area contributed by atoms with E-state index in [9.17, 15) is 9.59 Å². The van der Waals surface area contributed by atoms with Crippen molar-refractivity contribution in [1.29, 1.82) is 0 Å². The summed E-state index contributed by atoms with van der Waals surface area (Å²) < 4.78 is 12.1. The predicted octanol–water partition coefficient (Wildman–Crippen LogP) is 6.29. The SMILES string of the molecule is CCOC1=N[C@H](CCC[C@]2(C)N=C(OCC)[C@H](C(C)C)N(Cc3ccccc3)C2=O)C(=O)N(Cc2ccccc2)[C@H]1C(C)C. The van der Waals surface area contributed by atoms with E-state index in [4.69, 9.17) is 19.5 Å². The largest absolute Gasteiger partial charge is 0.480 e. The van der Waals surface area contributed by atoms with Crippen molar-refractivity contribution in [2.24, 2.45) is 21.8 Å². The van der Waals surface area contributed by atoms with Crippen molar-refractivity contribution in [3.63, 3.8) is 0 Å². The lowest BCUT2D eigenvalue weighted by molar-refractivity contribution is -0.141. The summed E-state index contributed by atoms with van der Waals surface area (Å²) in [6, 6.07) is 19.1. The third kappa shape index (κ3) is 7.51. The maximum atomic E-state index is 14.2. The zero-order valence-corrected chi connectivity index (χ0v) is 27.5. The molecule has 8 heteroatoms. The van der Waals surface area contributed by atoms with Crippen LogP contribution in [0, 0.1) is 11.8 Å². The van der Waals surface area contributed by atoms with Crippen molar-refractivity contribution >= 4 is 23.6 Å². The Morgan fingerprint density at radius 2 is 1.27 bits per heavy atom. The molecule has 0 aliphatic carbocycles. The molecule has 2 amide bonds. The zero-order valence-electron chi connectivity index (χ0n) is 27.5. The van der Waals surface area contributed by atoms with Gasteiger partial charge in [0.25, 0.3) is 5.91 Å². The van der Waals surface area contributed by atoms with Crippen molar-refractivity contribution in [2.75, 3.05) is 13.2 Å². The second-order valence-corrected chi connectivity index (χ2v) is 12.7. The van der Waals surface area contributed by atoms with Gasteiger partial charge in [0, 0.05) is 13.1 Å². The number of nitrogens with zero attached hydrogens (tertiary/aromatic N) is 4. The molecule has 4 rings (SSSR count). The number of hydrogen-bond donors (Lipinski definition) is 0. The Hall–Kier alpha value is -3.68. The molecule has 2 heterocycles. The van der Waals surface area contributed by atoms with E-state index in [0.717, 1.165) is 11.1 Å². The number of ether oxygens (including phenoxy) is 2. The van der Waals surface area contributed by atoms with Crippen LogP contribution < -0.4 is 0 Å². The first kappa shape index (κ1) is 33.2. The summed E-state index contributed by atoms with van der Waals surface area (Å²) in [5.74, 6) is 1.49. The summed E-state index contributed by atoms with van der Waals surface area (Å²) in [7, 11) is 0. The Morgan fingerprint density at radius 1 is 0.773 bits per heavy atom. The van der Waals surface area contributed by atoms with E-state index in [1.54, 1.807) is 0 Å². The second kappa shape index (κ2) is 14.9. The molecule has 238 valence electrons.